The number of aromatic nitrogens is 5. The Bertz CT molecular complexity index is 3180. The van der Waals surface area contributed by atoms with Gasteiger partial charge in [0.2, 0.25) is 11.9 Å². The second-order valence-corrected chi connectivity index (χ2v) is 14.1. The van der Waals surface area contributed by atoms with E-state index in [-0.39, 0.29) is 0 Å². The van der Waals surface area contributed by atoms with Gasteiger partial charge in [0.1, 0.15) is 0 Å². The zero-order valence-electron chi connectivity index (χ0n) is 30.3. The van der Waals surface area contributed by atoms with Gasteiger partial charge in [0, 0.05) is 27.1 Å². The quantitative estimate of drug-likeness (QED) is 0.172. The Hall–Kier alpha value is -7.63. The van der Waals surface area contributed by atoms with E-state index in [2.05, 4.69) is 203 Å². The molecule has 0 atom stereocenters. The number of nitrogens with zero attached hydrogens (tertiary/aromatic N) is 5. The van der Waals surface area contributed by atoms with Gasteiger partial charge < -0.3 is 0 Å². The maximum Gasteiger partial charge on any atom is 0.240 e. The fourth-order valence-corrected chi connectivity index (χ4v) is 8.21. The van der Waals surface area contributed by atoms with Gasteiger partial charge in [-0.05, 0) is 57.6 Å². The Morgan fingerprint density at radius 3 is 1.23 bits per heavy atom. The molecule has 5 heteroatoms. The van der Waals surface area contributed by atoms with Crippen molar-refractivity contribution in [3.63, 3.8) is 0 Å². The molecule has 56 heavy (non-hydrogen) atoms. The predicted octanol–water partition coefficient (Wildman–Crippen LogP) is 12.7. The highest BCUT2D eigenvalue weighted by Gasteiger charge is 2.22. The predicted molar refractivity (Wildman–Crippen MR) is 230 cm³/mol. The average molecular weight is 716 g/mol. The van der Waals surface area contributed by atoms with Crippen molar-refractivity contribution < 1.29 is 0 Å². The van der Waals surface area contributed by atoms with E-state index < -0.39 is 0 Å². The van der Waals surface area contributed by atoms with Crippen molar-refractivity contribution in [2.45, 2.75) is 0 Å². The lowest BCUT2D eigenvalue weighted by atomic mass is 9.96. The maximum atomic E-state index is 5.40. The van der Waals surface area contributed by atoms with Crippen molar-refractivity contribution in [3.8, 4) is 56.7 Å². The monoisotopic (exact) mass is 715 g/mol. The Kier molecular flexibility index (Phi) is 7.42. The molecule has 0 spiro atoms. The summed E-state index contributed by atoms with van der Waals surface area (Å²) in [6.45, 7) is 0. The third kappa shape index (κ3) is 5.21. The first-order chi connectivity index (χ1) is 27.8. The summed E-state index contributed by atoms with van der Waals surface area (Å²) in [5, 5.41) is 4.57. The summed E-state index contributed by atoms with van der Waals surface area (Å²) in [6.07, 6.45) is 0. The lowest BCUT2D eigenvalue weighted by Gasteiger charge is -2.15. The normalized spacial score (nSPS) is 11.6. The number of benzene rings is 8. The molecule has 0 bridgehead atoms. The second kappa shape index (κ2) is 13.0. The number of rotatable bonds is 6. The summed E-state index contributed by atoms with van der Waals surface area (Å²) >= 11 is 0. The van der Waals surface area contributed by atoms with Gasteiger partial charge in [0.25, 0.3) is 0 Å². The van der Waals surface area contributed by atoms with Crippen molar-refractivity contribution in [2.24, 2.45) is 0 Å². The molecule has 5 nitrogen and oxygen atoms in total. The molecule has 0 aliphatic heterocycles. The van der Waals surface area contributed by atoms with Gasteiger partial charge in [-0.1, -0.05) is 176 Å². The number of para-hydroxylation sites is 3. The van der Waals surface area contributed by atoms with Gasteiger partial charge in [-0.2, -0.15) is 15.0 Å². The molecule has 0 radical (unpaired) electrons. The second-order valence-electron chi connectivity index (χ2n) is 14.1. The molecule has 0 fully saturated rings. The highest BCUT2D eigenvalue weighted by Crippen LogP contribution is 2.38. The Balaban J connectivity index is 1.19. The summed E-state index contributed by atoms with van der Waals surface area (Å²) in [4.78, 5) is 16.2. The third-order valence-electron chi connectivity index (χ3n) is 10.8. The summed E-state index contributed by atoms with van der Waals surface area (Å²) in [5.74, 6) is 1.71. The molecular weight excluding hydrogens is 683 g/mol. The first kappa shape index (κ1) is 31.9. The Labute approximate surface area is 323 Å². The van der Waals surface area contributed by atoms with Crippen LogP contribution in [-0.2, 0) is 0 Å². The van der Waals surface area contributed by atoms with E-state index in [4.69, 9.17) is 15.0 Å². The number of hydrogen-bond donors (Lipinski definition) is 0. The summed E-state index contributed by atoms with van der Waals surface area (Å²) < 4.78 is 4.39. The summed E-state index contributed by atoms with van der Waals surface area (Å²) in [6, 6.07) is 70.3. The first-order valence-corrected chi connectivity index (χ1v) is 18.9. The molecule has 0 saturated heterocycles. The zero-order chi connectivity index (χ0) is 37.0. The third-order valence-corrected chi connectivity index (χ3v) is 10.8. The fraction of sp³-hybridized carbons (Fsp3) is 0. The average Bonchev–Trinajstić information content (AvgIpc) is 3.80. The van der Waals surface area contributed by atoms with E-state index in [9.17, 15) is 0 Å². The fourth-order valence-electron chi connectivity index (χ4n) is 8.21. The van der Waals surface area contributed by atoms with Crippen molar-refractivity contribution in [1.82, 2.24) is 24.1 Å². The SMILES string of the molecule is c1ccc(-c2ccc(-c3ccccc3-c3nc(-n4c5ccccc5c5ccccc54)nc(-n4c5ccccc5c5ccc(-c6ccccc6)cc54)n3)cc2)cc1. The van der Waals surface area contributed by atoms with Crippen LogP contribution in [0.25, 0.3) is 100 Å². The zero-order valence-corrected chi connectivity index (χ0v) is 30.3. The van der Waals surface area contributed by atoms with Crippen LogP contribution in [0.4, 0.5) is 0 Å². The van der Waals surface area contributed by atoms with Crippen molar-refractivity contribution in [3.05, 3.63) is 200 Å². The minimum Gasteiger partial charge on any atom is -0.278 e. The standard InChI is InChI=1S/C51H33N5/c1-3-15-34(16-4-1)36-27-29-37(30-28-36)39-19-7-8-23-44(39)49-52-50(55-45-24-12-9-20-40(45)41-21-10-13-25-46(41)55)54-51(53-49)56-47-26-14-11-22-42(47)43-32-31-38(33-48(43)56)35-17-5-2-6-18-35/h1-33H. The van der Waals surface area contributed by atoms with Gasteiger partial charge >= 0.3 is 0 Å². The highest BCUT2D eigenvalue weighted by molar-refractivity contribution is 6.10. The molecule has 0 amide bonds. The molecule has 8 aromatic carbocycles. The van der Waals surface area contributed by atoms with Gasteiger partial charge in [0.05, 0.1) is 22.1 Å². The van der Waals surface area contributed by atoms with Crippen molar-refractivity contribution >= 4 is 43.6 Å². The number of hydrogen-bond acceptors (Lipinski definition) is 3. The molecule has 262 valence electrons. The van der Waals surface area contributed by atoms with Crippen LogP contribution in [0, 0.1) is 0 Å². The molecule has 0 N–H and O–H groups in total. The van der Waals surface area contributed by atoms with Crippen LogP contribution in [-0.4, -0.2) is 24.1 Å². The molecule has 11 rings (SSSR count). The van der Waals surface area contributed by atoms with E-state index >= 15 is 0 Å². The largest absolute Gasteiger partial charge is 0.278 e. The highest BCUT2D eigenvalue weighted by atomic mass is 15.3. The smallest absolute Gasteiger partial charge is 0.240 e. The van der Waals surface area contributed by atoms with Crippen LogP contribution in [0.2, 0.25) is 0 Å². The van der Waals surface area contributed by atoms with Gasteiger partial charge in [-0.25, -0.2) is 0 Å². The van der Waals surface area contributed by atoms with E-state index in [1.54, 1.807) is 0 Å². The molecule has 11 aromatic rings. The molecular formula is C51H33N5. The van der Waals surface area contributed by atoms with E-state index in [0.29, 0.717) is 17.7 Å². The van der Waals surface area contributed by atoms with Crippen LogP contribution in [0.3, 0.4) is 0 Å². The van der Waals surface area contributed by atoms with Crippen LogP contribution in [0.1, 0.15) is 0 Å². The maximum absolute atomic E-state index is 5.40. The summed E-state index contributed by atoms with van der Waals surface area (Å²) in [7, 11) is 0. The molecule has 0 aliphatic carbocycles. The Morgan fingerprint density at radius 1 is 0.268 bits per heavy atom. The van der Waals surface area contributed by atoms with Crippen molar-refractivity contribution in [2.75, 3.05) is 0 Å². The minimum absolute atomic E-state index is 0.553. The lowest BCUT2D eigenvalue weighted by Crippen LogP contribution is -2.10. The van der Waals surface area contributed by atoms with Crippen LogP contribution in [0.15, 0.2) is 200 Å². The molecule has 3 heterocycles. The molecule has 3 aromatic heterocycles. The van der Waals surface area contributed by atoms with E-state index in [1.165, 1.54) is 11.1 Å². The lowest BCUT2D eigenvalue weighted by molar-refractivity contribution is 0.893. The van der Waals surface area contributed by atoms with Gasteiger partial charge in [0.15, 0.2) is 5.82 Å². The van der Waals surface area contributed by atoms with Crippen LogP contribution >= 0.6 is 0 Å². The number of fused-ring (bicyclic) bond motifs is 6. The summed E-state index contributed by atoms with van der Waals surface area (Å²) in [5.41, 5.74) is 11.8. The molecule has 0 saturated carbocycles. The topological polar surface area (TPSA) is 48.5 Å². The van der Waals surface area contributed by atoms with Gasteiger partial charge in [-0.15, -0.1) is 0 Å². The van der Waals surface area contributed by atoms with Crippen LogP contribution in [0.5, 0.6) is 0 Å². The minimum atomic E-state index is 0.553. The Morgan fingerprint density at radius 2 is 0.661 bits per heavy atom. The van der Waals surface area contributed by atoms with Gasteiger partial charge in [-0.3, -0.25) is 9.13 Å². The van der Waals surface area contributed by atoms with E-state index in [0.717, 1.165) is 71.4 Å². The molecule has 0 aliphatic rings. The molecule has 0 unspecified atom stereocenters. The first-order valence-electron chi connectivity index (χ1n) is 18.9. The van der Waals surface area contributed by atoms with Crippen LogP contribution < -0.4 is 0 Å². The van der Waals surface area contributed by atoms with Crippen molar-refractivity contribution in [1.29, 1.82) is 0 Å². The van der Waals surface area contributed by atoms with E-state index in [1.807, 2.05) is 6.07 Å².